The summed E-state index contributed by atoms with van der Waals surface area (Å²) in [5.74, 6) is -0.118. The van der Waals surface area contributed by atoms with Crippen LogP contribution in [0.3, 0.4) is 0 Å². The van der Waals surface area contributed by atoms with Gasteiger partial charge in [-0.3, -0.25) is 4.79 Å². The third kappa shape index (κ3) is 4.82. The molecule has 0 spiro atoms. The number of thiophene rings is 1. The van der Waals surface area contributed by atoms with Crippen LogP contribution in [0.5, 0.6) is 0 Å². The van der Waals surface area contributed by atoms with Crippen molar-refractivity contribution in [3.63, 3.8) is 0 Å². The molecule has 1 aromatic heterocycles. The minimum absolute atomic E-state index is 0.118. The Balaban J connectivity index is 1.78. The Bertz CT molecular complexity index is 1190. The SMILES string of the molecule is Cc1sc(NC(=O)c2ccccc2)c([C@H](Nc2ccccc2)c2cccc(Cl)c2)c1C. The summed E-state index contributed by atoms with van der Waals surface area (Å²) in [4.78, 5) is 14.1. The van der Waals surface area contributed by atoms with Gasteiger partial charge in [-0.2, -0.15) is 0 Å². The molecular formula is C26H23ClN2OS. The average Bonchev–Trinajstić information content (AvgIpc) is 3.06. The van der Waals surface area contributed by atoms with Crippen LogP contribution in [0.4, 0.5) is 10.7 Å². The Morgan fingerprint density at radius 3 is 2.26 bits per heavy atom. The van der Waals surface area contributed by atoms with Crippen molar-refractivity contribution in [1.82, 2.24) is 0 Å². The van der Waals surface area contributed by atoms with E-state index in [2.05, 4.69) is 30.5 Å². The summed E-state index contributed by atoms with van der Waals surface area (Å²) in [5, 5.41) is 8.31. The van der Waals surface area contributed by atoms with E-state index < -0.39 is 0 Å². The molecule has 0 saturated heterocycles. The molecule has 5 heteroatoms. The van der Waals surface area contributed by atoms with Gasteiger partial charge in [0.1, 0.15) is 5.00 Å². The first-order valence-corrected chi connectivity index (χ1v) is 11.3. The Labute approximate surface area is 191 Å². The molecule has 3 aromatic carbocycles. The van der Waals surface area contributed by atoms with Crippen LogP contribution in [-0.2, 0) is 0 Å². The van der Waals surface area contributed by atoms with Crippen LogP contribution in [-0.4, -0.2) is 5.91 Å². The average molecular weight is 447 g/mol. The molecule has 4 rings (SSSR count). The molecule has 0 unspecified atom stereocenters. The molecule has 1 heterocycles. The number of rotatable bonds is 6. The van der Waals surface area contributed by atoms with Gasteiger partial charge in [-0.25, -0.2) is 0 Å². The summed E-state index contributed by atoms with van der Waals surface area (Å²) >= 11 is 7.93. The summed E-state index contributed by atoms with van der Waals surface area (Å²) in [6, 6.07) is 27.0. The maximum absolute atomic E-state index is 12.9. The van der Waals surface area contributed by atoms with Crippen LogP contribution in [0.2, 0.25) is 5.02 Å². The normalized spacial score (nSPS) is 11.7. The van der Waals surface area contributed by atoms with Crippen molar-refractivity contribution < 1.29 is 4.79 Å². The van der Waals surface area contributed by atoms with Gasteiger partial charge in [0.2, 0.25) is 0 Å². The molecule has 0 radical (unpaired) electrons. The minimum Gasteiger partial charge on any atom is -0.374 e. The molecule has 0 aliphatic carbocycles. The fourth-order valence-corrected chi connectivity index (χ4v) is 4.85. The van der Waals surface area contributed by atoms with Gasteiger partial charge in [0, 0.05) is 26.7 Å². The van der Waals surface area contributed by atoms with Crippen LogP contribution >= 0.6 is 22.9 Å². The molecular weight excluding hydrogens is 424 g/mol. The fourth-order valence-electron chi connectivity index (χ4n) is 3.56. The lowest BCUT2D eigenvalue weighted by molar-refractivity contribution is 0.102. The first-order chi connectivity index (χ1) is 15.0. The number of halogens is 1. The zero-order valence-corrected chi connectivity index (χ0v) is 18.9. The van der Waals surface area contributed by atoms with E-state index in [9.17, 15) is 4.79 Å². The Kier molecular flexibility index (Phi) is 6.40. The van der Waals surface area contributed by atoms with Crippen molar-refractivity contribution in [1.29, 1.82) is 0 Å². The van der Waals surface area contributed by atoms with Crippen molar-refractivity contribution >= 4 is 39.5 Å². The number of carbonyl (C=O) groups excluding carboxylic acids is 1. The topological polar surface area (TPSA) is 41.1 Å². The standard InChI is InChI=1S/C26H23ClN2OS/c1-17-18(2)31-26(29-25(30)19-10-5-3-6-11-19)23(17)24(20-12-9-13-21(27)16-20)28-22-14-7-4-8-15-22/h3-16,24,28H,1-2H3,(H,29,30)/t24-/m1/s1. The van der Waals surface area contributed by atoms with E-state index >= 15 is 0 Å². The van der Waals surface area contributed by atoms with E-state index in [0.29, 0.717) is 10.6 Å². The Hall–Kier alpha value is -3.08. The van der Waals surface area contributed by atoms with Crippen LogP contribution < -0.4 is 10.6 Å². The highest BCUT2D eigenvalue weighted by molar-refractivity contribution is 7.16. The van der Waals surface area contributed by atoms with Gasteiger partial charge in [0.05, 0.1) is 6.04 Å². The number of nitrogens with one attached hydrogen (secondary N) is 2. The maximum atomic E-state index is 12.9. The van der Waals surface area contributed by atoms with Gasteiger partial charge < -0.3 is 10.6 Å². The molecule has 0 saturated carbocycles. The lowest BCUT2D eigenvalue weighted by Gasteiger charge is -2.23. The Morgan fingerprint density at radius 2 is 1.58 bits per heavy atom. The highest BCUT2D eigenvalue weighted by Crippen LogP contribution is 2.41. The number of amides is 1. The van der Waals surface area contributed by atoms with Gasteiger partial charge in [0.15, 0.2) is 0 Å². The van der Waals surface area contributed by atoms with Crippen LogP contribution in [0.15, 0.2) is 84.9 Å². The summed E-state index contributed by atoms with van der Waals surface area (Å²) < 4.78 is 0. The van der Waals surface area contributed by atoms with E-state index in [4.69, 9.17) is 11.6 Å². The van der Waals surface area contributed by atoms with E-state index in [1.54, 1.807) is 11.3 Å². The third-order valence-corrected chi connectivity index (χ3v) is 6.62. The van der Waals surface area contributed by atoms with Crippen LogP contribution in [0.25, 0.3) is 0 Å². The molecule has 0 aliphatic heterocycles. The number of aryl methyl sites for hydroxylation is 1. The zero-order valence-electron chi connectivity index (χ0n) is 17.4. The van der Waals surface area contributed by atoms with Crippen molar-refractivity contribution in [3.05, 3.63) is 117 Å². The largest absolute Gasteiger partial charge is 0.374 e. The van der Waals surface area contributed by atoms with E-state index in [1.165, 1.54) is 4.88 Å². The van der Waals surface area contributed by atoms with Gasteiger partial charge in [-0.05, 0) is 61.4 Å². The predicted octanol–water partition coefficient (Wildman–Crippen LogP) is 7.47. The highest BCUT2D eigenvalue weighted by atomic mass is 35.5. The summed E-state index contributed by atoms with van der Waals surface area (Å²) in [6.07, 6.45) is 0. The minimum atomic E-state index is -0.169. The van der Waals surface area contributed by atoms with Gasteiger partial charge in [0.25, 0.3) is 5.91 Å². The number of carbonyl (C=O) groups is 1. The van der Waals surface area contributed by atoms with Gasteiger partial charge in [-0.15, -0.1) is 11.3 Å². The molecule has 0 bridgehead atoms. The van der Waals surface area contributed by atoms with E-state index in [0.717, 1.165) is 27.4 Å². The summed E-state index contributed by atoms with van der Waals surface area (Å²) in [5.41, 5.74) is 4.87. The molecule has 1 amide bonds. The molecule has 0 fully saturated rings. The highest BCUT2D eigenvalue weighted by Gasteiger charge is 2.25. The fraction of sp³-hybridized carbons (Fsp3) is 0.115. The smallest absolute Gasteiger partial charge is 0.256 e. The second-order valence-corrected chi connectivity index (χ2v) is 9.01. The Morgan fingerprint density at radius 1 is 0.903 bits per heavy atom. The molecule has 156 valence electrons. The van der Waals surface area contributed by atoms with Crippen molar-refractivity contribution in [2.75, 3.05) is 10.6 Å². The van der Waals surface area contributed by atoms with Crippen LogP contribution in [0.1, 0.15) is 38.0 Å². The van der Waals surface area contributed by atoms with Crippen LogP contribution in [0, 0.1) is 13.8 Å². The number of para-hydroxylation sites is 1. The third-order valence-electron chi connectivity index (χ3n) is 5.25. The van der Waals surface area contributed by atoms with Crippen molar-refractivity contribution in [2.24, 2.45) is 0 Å². The number of anilines is 2. The maximum Gasteiger partial charge on any atom is 0.256 e. The molecule has 31 heavy (non-hydrogen) atoms. The first-order valence-electron chi connectivity index (χ1n) is 10.1. The van der Waals surface area contributed by atoms with Crippen molar-refractivity contribution in [3.8, 4) is 0 Å². The second kappa shape index (κ2) is 9.38. The molecule has 2 N–H and O–H groups in total. The second-order valence-electron chi connectivity index (χ2n) is 7.34. The number of benzene rings is 3. The van der Waals surface area contributed by atoms with Crippen molar-refractivity contribution in [2.45, 2.75) is 19.9 Å². The molecule has 3 nitrogen and oxygen atoms in total. The predicted molar refractivity (Wildman–Crippen MR) is 132 cm³/mol. The van der Waals surface area contributed by atoms with Gasteiger partial charge in [-0.1, -0.05) is 60.1 Å². The monoisotopic (exact) mass is 446 g/mol. The first kappa shape index (κ1) is 21.2. The molecule has 1 atom stereocenters. The summed E-state index contributed by atoms with van der Waals surface area (Å²) in [6.45, 7) is 4.18. The summed E-state index contributed by atoms with van der Waals surface area (Å²) in [7, 11) is 0. The zero-order chi connectivity index (χ0) is 21.8. The van der Waals surface area contributed by atoms with E-state index in [1.807, 2.05) is 78.9 Å². The lowest BCUT2D eigenvalue weighted by atomic mass is 9.96. The quantitative estimate of drug-likeness (QED) is 0.322. The molecule has 4 aromatic rings. The van der Waals surface area contributed by atoms with E-state index in [-0.39, 0.29) is 11.9 Å². The van der Waals surface area contributed by atoms with Gasteiger partial charge >= 0.3 is 0 Å². The lowest BCUT2D eigenvalue weighted by Crippen LogP contribution is -2.17. The molecule has 0 aliphatic rings. The number of hydrogen-bond donors (Lipinski definition) is 2. The number of hydrogen-bond acceptors (Lipinski definition) is 3.